The van der Waals surface area contributed by atoms with Crippen LogP contribution >= 0.6 is 0 Å². The molecule has 0 aromatic heterocycles. The standard InChI is InChI=1S/C17H18N2O3/c1-19(17(12-18)7-2-8-17)16(20)6-4-13-3-5-14-15(11-13)22-10-9-21-14/h3-6,11H,2,7-10H2,1H3/b6-4+. The van der Waals surface area contributed by atoms with Crippen molar-refractivity contribution in [3.63, 3.8) is 0 Å². The molecule has 1 amide bonds. The van der Waals surface area contributed by atoms with Crippen LogP contribution in [0.5, 0.6) is 11.5 Å². The molecule has 1 aromatic rings. The van der Waals surface area contributed by atoms with Gasteiger partial charge in [-0.1, -0.05) is 6.07 Å². The molecule has 0 bridgehead atoms. The summed E-state index contributed by atoms with van der Waals surface area (Å²) in [6.45, 7) is 1.09. The van der Waals surface area contributed by atoms with Crippen molar-refractivity contribution < 1.29 is 14.3 Å². The second-order valence-electron chi connectivity index (χ2n) is 5.63. The normalized spacial score (nSPS) is 18.4. The van der Waals surface area contributed by atoms with Crippen molar-refractivity contribution in [2.24, 2.45) is 0 Å². The number of benzene rings is 1. The Kier molecular flexibility index (Phi) is 3.76. The predicted molar refractivity (Wildman–Crippen MR) is 81.4 cm³/mol. The molecule has 5 heteroatoms. The van der Waals surface area contributed by atoms with E-state index in [1.54, 1.807) is 18.0 Å². The SMILES string of the molecule is CN(C(=O)/C=C/c1ccc2c(c1)OCCO2)C1(C#N)CCC1. The van der Waals surface area contributed by atoms with Crippen LogP contribution in [0.3, 0.4) is 0 Å². The van der Waals surface area contributed by atoms with Gasteiger partial charge in [-0.15, -0.1) is 0 Å². The highest BCUT2D eigenvalue weighted by Crippen LogP contribution is 2.36. The van der Waals surface area contributed by atoms with Crippen LogP contribution in [0, 0.1) is 11.3 Å². The minimum atomic E-state index is -0.617. The molecule has 1 aromatic carbocycles. The first kappa shape index (κ1) is 14.5. The Bertz CT molecular complexity index is 656. The summed E-state index contributed by atoms with van der Waals surface area (Å²) in [5.41, 5.74) is 0.249. The third kappa shape index (κ3) is 2.52. The fourth-order valence-corrected chi connectivity index (χ4v) is 2.69. The zero-order valence-electron chi connectivity index (χ0n) is 12.5. The lowest BCUT2D eigenvalue weighted by Gasteiger charge is -2.42. The Morgan fingerprint density at radius 1 is 1.32 bits per heavy atom. The van der Waals surface area contributed by atoms with E-state index in [0.717, 1.165) is 30.6 Å². The van der Waals surface area contributed by atoms with Gasteiger partial charge >= 0.3 is 0 Å². The van der Waals surface area contributed by atoms with E-state index in [9.17, 15) is 10.1 Å². The van der Waals surface area contributed by atoms with E-state index in [-0.39, 0.29) is 5.91 Å². The molecule has 1 saturated carbocycles. The van der Waals surface area contributed by atoms with Crippen molar-refractivity contribution in [1.82, 2.24) is 4.90 Å². The molecule has 114 valence electrons. The van der Waals surface area contributed by atoms with E-state index in [1.165, 1.54) is 6.08 Å². The molecule has 0 radical (unpaired) electrons. The molecule has 1 aliphatic carbocycles. The van der Waals surface area contributed by atoms with Crippen molar-refractivity contribution in [2.45, 2.75) is 24.8 Å². The van der Waals surface area contributed by atoms with Crippen molar-refractivity contribution in [3.05, 3.63) is 29.8 Å². The van der Waals surface area contributed by atoms with Crippen LogP contribution < -0.4 is 9.47 Å². The first-order chi connectivity index (χ1) is 10.6. The summed E-state index contributed by atoms with van der Waals surface area (Å²) < 4.78 is 11.0. The Morgan fingerprint density at radius 2 is 2.05 bits per heavy atom. The minimum Gasteiger partial charge on any atom is -0.486 e. The van der Waals surface area contributed by atoms with Gasteiger partial charge in [0.2, 0.25) is 5.91 Å². The summed E-state index contributed by atoms with van der Waals surface area (Å²) in [5.74, 6) is 1.27. The van der Waals surface area contributed by atoms with E-state index >= 15 is 0 Å². The number of hydrogen-bond acceptors (Lipinski definition) is 4. The van der Waals surface area contributed by atoms with Gasteiger partial charge in [0.15, 0.2) is 11.5 Å². The molecule has 1 fully saturated rings. The molecule has 5 nitrogen and oxygen atoms in total. The van der Waals surface area contributed by atoms with Gasteiger partial charge in [-0.25, -0.2) is 0 Å². The Labute approximate surface area is 129 Å². The molecule has 0 spiro atoms. The number of rotatable bonds is 3. The topological polar surface area (TPSA) is 62.6 Å². The lowest BCUT2D eigenvalue weighted by Crippen LogP contribution is -2.52. The second kappa shape index (κ2) is 5.72. The Hall–Kier alpha value is -2.48. The first-order valence-electron chi connectivity index (χ1n) is 7.41. The van der Waals surface area contributed by atoms with Crippen LogP contribution in [0.2, 0.25) is 0 Å². The molecular weight excluding hydrogens is 280 g/mol. The summed E-state index contributed by atoms with van der Waals surface area (Å²) in [7, 11) is 1.69. The molecule has 0 N–H and O–H groups in total. The van der Waals surface area contributed by atoms with Crippen molar-refractivity contribution in [1.29, 1.82) is 5.26 Å². The zero-order chi connectivity index (χ0) is 15.6. The lowest BCUT2D eigenvalue weighted by atomic mass is 9.76. The highest BCUT2D eigenvalue weighted by Gasteiger charge is 2.42. The second-order valence-corrected chi connectivity index (χ2v) is 5.63. The predicted octanol–water partition coefficient (Wildman–Crippen LogP) is 2.38. The molecule has 22 heavy (non-hydrogen) atoms. The number of nitrogens with zero attached hydrogens (tertiary/aromatic N) is 2. The van der Waals surface area contributed by atoms with Crippen molar-refractivity contribution in [2.75, 3.05) is 20.3 Å². The number of likely N-dealkylation sites (N-methyl/N-ethyl adjacent to an activating group) is 1. The van der Waals surface area contributed by atoms with Crippen LogP contribution in [0.25, 0.3) is 6.08 Å². The van der Waals surface area contributed by atoms with Crippen LogP contribution in [0.1, 0.15) is 24.8 Å². The lowest BCUT2D eigenvalue weighted by molar-refractivity contribution is -0.130. The van der Waals surface area contributed by atoms with E-state index in [0.29, 0.717) is 19.0 Å². The van der Waals surface area contributed by atoms with E-state index < -0.39 is 5.54 Å². The van der Waals surface area contributed by atoms with Crippen LogP contribution in [-0.4, -0.2) is 36.6 Å². The third-order valence-corrected chi connectivity index (χ3v) is 4.35. The highest BCUT2D eigenvalue weighted by atomic mass is 16.6. The molecule has 1 aliphatic heterocycles. The van der Waals surface area contributed by atoms with Gasteiger partial charge in [-0.3, -0.25) is 4.79 Å². The summed E-state index contributed by atoms with van der Waals surface area (Å²) in [6.07, 6.45) is 5.74. The number of amides is 1. The Morgan fingerprint density at radius 3 is 2.68 bits per heavy atom. The minimum absolute atomic E-state index is 0.156. The molecule has 2 aliphatic rings. The molecular formula is C17H18N2O3. The van der Waals surface area contributed by atoms with E-state index in [4.69, 9.17) is 9.47 Å². The first-order valence-corrected chi connectivity index (χ1v) is 7.41. The third-order valence-electron chi connectivity index (χ3n) is 4.35. The number of carbonyl (C=O) groups excluding carboxylic acids is 1. The Balaban J connectivity index is 1.71. The van der Waals surface area contributed by atoms with Gasteiger partial charge < -0.3 is 14.4 Å². The van der Waals surface area contributed by atoms with Gasteiger partial charge in [-0.05, 0) is 43.0 Å². The molecule has 0 saturated heterocycles. The fourth-order valence-electron chi connectivity index (χ4n) is 2.69. The number of fused-ring (bicyclic) bond motifs is 1. The van der Waals surface area contributed by atoms with E-state index in [2.05, 4.69) is 6.07 Å². The van der Waals surface area contributed by atoms with Crippen LogP contribution in [-0.2, 0) is 4.79 Å². The maximum absolute atomic E-state index is 12.2. The summed E-state index contributed by atoms with van der Waals surface area (Å²) in [4.78, 5) is 13.8. The number of carbonyl (C=O) groups is 1. The summed E-state index contributed by atoms with van der Waals surface area (Å²) in [6, 6.07) is 7.83. The molecule has 0 unspecified atom stereocenters. The molecule has 3 rings (SSSR count). The average Bonchev–Trinajstić information content (AvgIpc) is 2.51. The van der Waals surface area contributed by atoms with Gasteiger partial charge in [0.05, 0.1) is 6.07 Å². The van der Waals surface area contributed by atoms with Gasteiger partial charge in [0, 0.05) is 13.1 Å². The molecule has 1 heterocycles. The van der Waals surface area contributed by atoms with E-state index in [1.807, 2.05) is 18.2 Å². The number of nitriles is 1. The van der Waals surface area contributed by atoms with Gasteiger partial charge in [-0.2, -0.15) is 5.26 Å². The van der Waals surface area contributed by atoms with Crippen molar-refractivity contribution >= 4 is 12.0 Å². The largest absolute Gasteiger partial charge is 0.486 e. The van der Waals surface area contributed by atoms with Gasteiger partial charge in [0.25, 0.3) is 0 Å². The smallest absolute Gasteiger partial charge is 0.247 e. The fraction of sp³-hybridized carbons (Fsp3) is 0.412. The van der Waals surface area contributed by atoms with Gasteiger partial charge in [0.1, 0.15) is 18.8 Å². The summed E-state index contributed by atoms with van der Waals surface area (Å²) in [5, 5.41) is 9.28. The average molecular weight is 298 g/mol. The maximum Gasteiger partial charge on any atom is 0.247 e. The zero-order valence-corrected chi connectivity index (χ0v) is 12.5. The number of hydrogen-bond donors (Lipinski definition) is 0. The molecule has 0 atom stereocenters. The summed E-state index contributed by atoms with van der Waals surface area (Å²) >= 11 is 0. The van der Waals surface area contributed by atoms with Crippen LogP contribution in [0.15, 0.2) is 24.3 Å². The number of ether oxygens (including phenoxy) is 2. The van der Waals surface area contributed by atoms with Crippen LogP contribution in [0.4, 0.5) is 0 Å². The van der Waals surface area contributed by atoms with Crippen molar-refractivity contribution in [3.8, 4) is 17.6 Å². The monoisotopic (exact) mass is 298 g/mol. The maximum atomic E-state index is 12.2. The highest BCUT2D eigenvalue weighted by molar-refractivity contribution is 5.92. The quantitative estimate of drug-likeness (QED) is 0.804.